The van der Waals surface area contributed by atoms with Crippen molar-refractivity contribution in [2.45, 2.75) is 16.6 Å². The van der Waals surface area contributed by atoms with E-state index in [0.29, 0.717) is 22.8 Å². The van der Waals surface area contributed by atoms with Crippen LogP contribution in [0.2, 0.25) is 5.02 Å². The largest absolute Gasteiger partial charge is 0.326 e. The maximum absolute atomic E-state index is 13.2. The van der Waals surface area contributed by atoms with Crippen LogP contribution in [-0.2, 0) is 16.0 Å². The summed E-state index contributed by atoms with van der Waals surface area (Å²) >= 11 is 7.39. The minimum absolute atomic E-state index is 0.0894. The van der Waals surface area contributed by atoms with Gasteiger partial charge >= 0.3 is 0 Å². The maximum Gasteiger partial charge on any atom is 0.242 e. The molecule has 34 heavy (non-hydrogen) atoms. The van der Waals surface area contributed by atoms with Gasteiger partial charge in [-0.05, 0) is 53.6 Å². The molecular formula is C28H23ClN2O2S. The Morgan fingerprint density at radius 2 is 1.41 bits per heavy atom. The van der Waals surface area contributed by atoms with Crippen molar-refractivity contribution >= 4 is 46.6 Å². The van der Waals surface area contributed by atoms with Gasteiger partial charge in [-0.15, -0.1) is 11.8 Å². The number of halogens is 1. The van der Waals surface area contributed by atoms with E-state index >= 15 is 0 Å². The van der Waals surface area contributed by atoms with Gasteiger partial charge in [0.2, 0.25) is 11.8 Å². The van der Waals surface area contributed by atoms with Gasteiger partial charge in [0, 0.05) is 21.3 Å². The SMILES string of the molecule is O=C(Cc1ccccc1)Nc1cccc(SC(C(=O)Nc2ccc(Cl)cc2)c2ccccc2)c1. The topological polar surface area (TPSA) is 58.2 Å². The number of hydrogen-bond donors (Lipinski definition) is 2. The molecule has 4 rings (SSSR count). The Labute approximate surface area is 208 Å². The number of carbonyl (C=O) groups excluding carboxylic acids is 2. The van der Waals surface area contributed by atoms with Crippen molar-refractivity contribution in [2.24, 2.45) is 0 Å². The molecule has 0 heterocycles. The molecule has 0 saturated carbocycles. The Bertz CT molecular complexity index is 1250. The lowest BCUT2D eigenvalue weighted by Crippen LogP contribution is -2.19. The highest BCUT2D eigenvalue weighted by molar-refractivity contribution is 8.00. The lowest BCUT2D eigenvalue weighted by molar-refractivity contribution is -0.116. The summed E-state index contributed by atoms with van der Waals surface area (Å²) in [7, 11) is 0. The molecule has 0 aliphatic rings. The number of nitrogens with one attached hydrogen (secondary N) is 2. The highest BCUT2D eigenvalue weighted by Gasteiger charge is 2.22. The van der Waals surface area contributed by atoms with E-state index in [0.717, 1.165) is 16.0 Å². The standard InChI is InChI=1S/C28H23ClN2O2S/c29-22-14-16-23(17-15-22)31-28(33)27(21-10-5-2-6-11-21)34-25-13-7-12-24(19-25)30-26(32)18-20-8-3-1-4-9-20/h1-17,19,27H,18H2,(H,30,32)(H,31,33). The van der Waals surface area contributed by atoms with Crippen LogP contribution in [0.4, 0.5) is 11.4 Å². The summed E-state index contributed by atoms with van der Waals surface area (Å²) in [6, 6.07) is 33.8. The van der Waals surface area contributed by atoms with E-state index < -0.39 is 5.25 Å². The van der Waals surface area contributed by atoms with E-state index in [1.807, 2.05) is 84.9 Å². The molecule has 0 aliphatic carbocycles. The lowest BCUT2D eigenvalue weighted by Gasteiger charge is -2.18. The molecule has 0 radical (unpaired) electrons. The molecule has 0 aliphatic heterocycles. The van der Waals surface area contributed by atoms with E-state index in [4.69, 9.17) is 11.6 Å². The van der Waals surface area contributed by atoms with Gasteiger partial charge in [0.25, 0.3) is 0 Å². The van der Waals surface area contributed by atoms with Crippen LogP contribution in [0.5, 0.6) is 0 Å². The third kappa shape index (κ3) is 6.73. The Morgan fingerprint density at radius 3 is 2.12 bits per heavy atom. The minimum atomic E-state index is -0.479. The summed E-state index contributed by atoms with van der Waals surface area (Å²) in [6.45, 7) is 0. The molecule has 2 amide bonds. The second-order valence-corrected chi connectivity index (χ2v) is 9.26. The van der Waals surface area contributed by atoms with Crippen LogP contribution in [0, 0.1) is 0 Å². The first-order valence-electron chi connectivity index (χ1n) is 10.8. The zero-order chi connectivity index (χ0) is 23.8. The zero-order valence-corrected chi connectivity index (χ0v) is 19.9. The highest BCUT2D eigenvalue weighted by atomic mass is 35.5. The van der Waals surface area contributed by atoms with Gasteiger partial charge < -0.3 is 10.6 Å². The van der Waals surface area contributed by atoms with Gasteiger partial charge in [0.1, 0.15) is 5.25 Å². The molecule has 4 nitrogen and oxygen atoms in total. The lowest BCUT2D eigenvalue weighted by atomic mass is 10.1. The molecule has 0 bridgehead atoms. The average Bonchev–Trinajstić information content (AvgIpc) is 2.85. The molecule has 0 saturated heterocycles. The Morgan fingerprint density at radius 1 is 0.735 bits per heavy atom. The van der Waals surface area contributed by atoms with E-state index in [1.165, 1.54) is 11.8 Å². The maximum atomic E-state index is 13.2. The number of benzene rings is 4. The number of thioether (sulfide) groups is 1. The fraction of sp³-hybridized carbons (Fsp3) is 0.0714. The minimum Gasteiger partial charge on any atom is -0.326 e. The summed E-state index contributed by atoms with van der Waals surface area (Å²) < 4.78 is 0. The van der Waals surface area contributed by atoms with Crippen molar-refractivity contribution in [3.8, 4) is 0 Å². The van der Waals surface area contributed by atoms with Crippen molar-refractivity contribution in [1.29, 1.82) is 0 Å². The van der Waals surface area contributed by atoms with Crippen molar-refractivity contribution in [2.75, 3.05) is 10.6 Å². The summed E-state index contributed by atoms with van der Waals surface area (Å²) in [6.07, 6.45) is 0.300. The predicted molar refractivity (Wildman–Crippen MR) is 140 cm³/mol. The van der Waals surface area contributed by atoms with Crippen molar-refractivity contribution in [3.63, 3.8) is 0 Å². The summed E-state index contributed by atoms with van der Waals surface area (Å²) in [5, 5.41) is 6.06. The van der Waals surface area contributed by atoms with Crippen LogP contribution in [0.3, 0.4) is 0 Å². The second-order valence-electron chi connectivity index (χ2n) is 7.64. The third-order valence-corrected chi connectivity index (χ3v) is 6.53. The average molecular weight is 487 g/mol. The Hall–Kier alpha value is -3.54. The van der Waals surface area contributed by atoms with Crippen molar-refractivity contribution in [1.82, 2.24) is 0 Å². The Kier molecular flexibility index (Phi) is 8.02. The molecule has 1 atom stereocenters. The fourth-order valence-corrected chi connectivity index (χ4v) is 4.62. The molecule has 0 fully saturated rings. The molecule has 2 N–H and O–H groups in total. The van der Waals surface area contributed by atoms with Crippen LogP contribution >= 0.6 is 23.4 Å². The number of carbonyl (C=O) groups is 2. The molecule has 0 aromatic heterocycles. The molecule has 170 valence electrons. The van der Waals surface area contributed by atoms with Gasteiger partial charge in [-0.25, -0.2) is 0 Å². The fourth-order valence-electron chi connectivity index (χ4n) is 3.41. The smallest absolute Gasteiger partial charge is 0.242 e. The van der Waals surface area contributed by atoms with Gasteiger partial charge in [-0.1, -0.05) is 78.3 Å². The van der Waals surface area contributed by atoms with Crippen LogP contribution in [0.25, 0.3) is 0 Å². The summed E-state index contributed by atoms with van der Waals surface area (Å²) in [5.41, 5.74) is 3.21. The highest BCUT2D eigenvalue weighted by Crippen LogP contribution is 2.37. The van der Waals surface area contributed by atoms with Crippen LogP contribution in [-0.4, -0.2) is 11.8 Å². The van der Waals surface area contributed by atoms with E-state index in [1.54, 1.807) is 24.3 Å². The van der Waals surface area contributed by atoms with Crippen molar-refractivity contribution in [3.05, 3.63) is 125 Å². The quantitative estimate of drug-likeness (QED) is 0.264. The molecule has 4 aromatic carbocycles. The second kappa shape index (κ2) is 11.5. The van der Waals surface area contributed by atoms with Gasteiger partial charge in [0.05, 0.1) is 6.42 Å². The third-order valence-electron chi connectivity index (χ3n) is 5.03. The molecule has 0 spiro atoms. The number of anilines is 2. The molecule has 6 heteroatoms. The molecular weight excluding hydrogens is 464 g/mol. The first-order valence-corrected chi connectivity index (χ1v) is 12.0. The zero-order valence-electron chi connectivity index (χ0n) is 18.3. The number of hydrogen-bond acceptors (Lipinski definition) is 3. The predicted octanol–water partition coefficient (Wildman–Crippen LogP) is 6.99. The summed E-state index contributed by atoms with van der Waals surface area (Å²) in [5.74, 6) is -0.231. The first kappa shape index (κ1) is 23.6. The van der Waals surface area contributed by atoms with Gasteiger partial charge in [0.15, 0.2) is 0 Å². The molecule has 1 unspecified atom stereocenters. The van der Waals surface area contributed by atoms with Crippen LogP contribution in [0.15, 0.2) is 114 Å². The first-order chi connectivity index (χ1) is 16.6. The normalized spacial score (nSPS) is 11.4. The van der Waals surface area contributed by atoms with Crippen LogP contribution < -0.4 is 10.6 Å². The molecule has 4 aromatic rings. The Balaban J connectivity index is 1.49. The van der Waals surface area contributed by atoms with Gasteiger partial charge in [-0.3, -0.25) is 9.59 Å². The van der Waals surface area contributed by atoms with E-state index in [9.17, 15) is 9.59 Å². The monoisotopic (exact) mass is 486 g/mol. The number of amides is 2. The van der Waals surface area contributed by atoms with E-state index in [2.05, 4.69) is 10.6 Å². The van der Waals surface area contributed by atoms with Gasteiger partial charge in [-0.2, -0.15) is 0 Å². The van der Waals surface area contributed by atoms with Crippen molar-refractivity contribution < 1.29 is 9.59 Å². The summed E-state index contributed by atoms with van der Waals surface area (Å²) in [4.78, 5) is 26.6. The van der Waals surface area contributed by atoms with E-state index in [-0.39, 0.29) is 11.8 Å². The van der Waals surface area contributed by atoms with Crippen LogP contribution in [0.1, 0.15) is 16.4 Å². The number of rotatable bonds is 8.